The molecule has 1 atom stereocenters. The van der Waals surface area contributed by atoms with E-state index in [0.717, 1.165) is 6.42 Å². The summed E-state index contributed by atoms with van der Waals surface area (Å²) in [4.78, 5) is 38.5. The van der Waals surface area contributed by atoms with Gasteiger partial charge >= 0.3 is 0 Å². The fourth-order valence-corrected chi connectivity index (χ4v) is 3.07. The van der Waals surface area contributed by atoms with Crippen molar-refractivity contribution in [1.82, 2.24) is 19.9 Å². The van der Waals surface area contributed by atoms with Gasteiger partial charge in [-0.2, -0.15) is 4.98 Å². The summed E-state index contributed by atoms with van der Waals surface area (Å²) in [5, 5.41) is 6.19. The van der Waals surface area contributed by atoms with Crippen molar-refractivity contribution in [2.24, 2.45) is 0 Å². The van der Waals surface area contributed by atoms with Gasteiger partial charge in [0, 0.05) is 19.1 Å². The highest BCUT2D eigenvalue weighted by molar-refractivity contribution is 6.31. The quantitative estimate of drug-likeness (QED) is 0.695. The Hall–Kier alpha value is -3.20. The molecule has 0 spiro atoms. The van der Waals surface area contributed by atoms with Crippen LogP contribution >= 0.6 is 11.6 Å². The molecular formula is C19H21ClN6O3. The third-order valence-corrected chi connectivity index (χ3v) is 4.54. The van der Waals surface area contributed by atoms with Gasteiger partial charge < -0.3 is 20.3 Å². The lowest BCUT2D eigenvalue weighted by Crippen LogP contribution is -2.32. The predicted octanol–water partition coefficient (Wildman–Crippen LogP) is 2.37. The number of anilines is 2. The van der Waals surface area contributed by atoms with E-state index in [-0.39, 0.29) is 17.9 Å². The van der Waals surface area contributed by atoms with Gasteiger partial charge in [-0.25, -0.2) is 9.97 Å². The van der Waals surface area contributed by atoms with E-state index < -0.39 is 0 Å². The zero-order chi connectivity index (χ0) is 20.8. The van der Waals surface area contributed by atoms with E-state index in [1.54, 1.807) is 30.0 Å². The van der Waals surface area contributed by atoms with Crippen LogP contribution in [0.25, 0.3) is 0 Å². The Bertz CT molecular complexity index is 919. The second-order valence-corrected chi connectivity index (χ2v) is 6.76. The topological polar surface area (TPSA) is 109 Å². The molecule has 2 N–H and O–H groups in total. The molecule has 9 nitrogen and oxygen atoms in total. The number of carbonyl (C=O) groups is 2. The van der Waals surface area contributed by atoms with E-state index in [4.69, 9.17) is 16.3 Å². The first-order chi connectivity index (χ1) is 14.0. The number of hydrogen-bond acceptors (Lipinski definition) is 7. The number of hydrogen-bond donors (Lipinski definition) is 2. The largest absolute Gasteiger partial charge is 0.480 e. The SMILES string of the molecule is C/C=C/C(=O)Nc1ccc(C(=O)N2CC[C@H](Nc3ncc(Cl)c(OC)n3)C2)nc1. The summed E-state index contributed by atoms with van der Waals surface area (Å²) in [5.41, 5.74) is 0.846. The van der Waals surface area contributed by atoms with Crippen molar-refractivity contribution in [3.05, 3.63) is 47.4 Å². The van der Waals surface area contributed by atoms with E-state index in [1.165, 1.54) is 25.6 Å². The first-order valence-electron chi connectivity index (χ1n) is 9.02. The van der Waals surface area contributed by atoms with Crippen LogP contribution in [-0.2, 0) is 4.79 Å². The van der Waals surface area contributed by atoms with Crippen molar-refractivity contribution in [2.75, 3.05) is 30.8 Å². The number of carbonyl (C=O) groups excluding carboxylic acids is 2. The lowest BCUT2D eigenvalue weighted by Gasteiger charge is -2.17. The Labute approximate surface area is 173 Å². The number of halogens is 1. The number of ether oxygens (including phenoxy) is 1. The van der Waals surface area contributed by atoms with E-state index >= 15 is 0 Å². The first-order valence-corrected chi connectivity index (χ1v) is 9.40. The van der Waals surface area contributed by atoms with Crippen molar-refractivity contribution in [1.29, 1.82) is 0 Å². The summed E-state index contributed by atoms with van der Waals surface area (Å²) < 4.78 is 5.09. The molecule has 0 bridgehead atoms. The van der Waals surface area contributed by atoms with Crippen LogP contribution < -0.4 is 15.4 Å². The van der Waals surface area contributed by atoms with Gasteiger partial charge in [0.25, 0.3) is 5.91 Å². The van der Waals surface area contributed by atoms with Crippen LogP contribution in [0.2, 0.25) is 5.02 Å². The van der Waals surface area contributed by atoms with Gasteiger partial charge in [-0.15, -0.1) is 0 Å². The summed E-state index contributed by atoms with van der Waals surface area (Å²) in [5.74, 6) is 0.268. The van der Waals surface area contributed by atoms with E-state index in [9.17, 15) is 9.59 Å². The van der Waals surface area contributed by atoms with Gasteiger partial charge in [0.2, 0.25) is 17.7 Å². The first kappa shape index (κ1) is 20.5. The number of rotatable bonds is 6. The molecular weight excluding hydrogens is 396 g/mol. The van der Waals surface area contributed by atoms with Crippen LogP contribution in [0, 0.1) is 0 Å². The molecule has 0 aliphatic carbocycles. The zero-order valence-corrected chi connectivity index (χ0v) is 16.8. The Morgan fingerprint density at radius 3 is 2.83 bits per heavy atom. The van der Waals surface area contributed by atoms with Gasteiger partial charge in [-0.05, 0) is 31.6 Å². The number of likely N-dealkylation sites (tertiary alicyclic amines) is 1. The smallest absolute Gasteiger partial charge is 0.272 e. The van der Waals surface area contributed by atoms with Crippen LogP contribution in [0.5, 0.6) is 5.88 Å². The Morgan fingerprint density at radius 2 is 2.14 bits per heavy atom. The maximum Gasteiger partial charge on any atom is 0.272 e. The van der Waals surface area contributed by atoms with Gasteiger partial charge in [0.05, 0.1) is 25.2 Å². The van der Waals surface area contributed by atoms with Crippen molar-refractivity contribution in [2.45, 2.75) is 19.4 Å². The minimum atomic E-state index is -0.247. The lowest BCUT2D eigenvalue weighted by atomic mass is 10.3. The highest BCUT2D eigenvalue weighted by Crippen LogP contribution is 2.22. The molecule has 0 saturated carbocycles. The minimum Gasteiger partial charge on any atom is -0.480 e. The van der Waals surface area contributed by atoms with Crippen molar-refractivity contribution in [3.8, 4) is 5.88 Å². The summed E-state index contributed by atoms with van der Waals surface area (Å²) in [6, 6.07) is 3.26. The molecule has 0 aromatic carbocycles. The number of allylic oxidation sites excluding steroid dienone is 1. The van der Waals surface area contributed by atoms with Crippen LogP contribution in [-0.4, -0.2) is 57.9 Å². The van der Waals surface area contributed by atoms with Gasteiger partial charge in [0.15, 0.2) is 0 Å². The molecule has 152 valence electrons. The molecule has 2 aromatic rings. The molecule has 1 saturated heterocycles. The number of aromatic nitrogens is 3. The average Bonchev–Trinajstić information content (AvgIpc) is 3.18. The number of methoxy groups -OCH3 is 1. The number of nitrogens with zero attached hydrogens (tertiary/aromatic N) is 4. The molecule has 1 fully saturated rings. The minimum absolute atomic E-state index is 0.00391. The molecule has 2 aromatic heterocycles. The molecule has 29 heavy (non-hydrogen) atoms. The third-order valence-electron chi connectivity index (χ3n) is 4.28. The summed E-state index contributed by atoms with van der Waals surface area (Å²) in [6.45, 7) is 2.84. The molecule has 0 unspecified atom stereocenters. The van der Waals surface area contributed by atoms with Crippen LogP contribution in [0.4, 0.5) is 11.6 Å². The van der Waals surface area contributed by atoms with E-state index in [0.29, 0.717) is 41.3 Å². The second-order valence-electron chi connectivity index (χ2n) is 6.35. The third kappa shape index (κ3) is 5.20. The highest BCUT2D eigenvalue weighted by Gasteiger charge is 2.28. The molecule has 1 aliphatic heterocycles. The Kier molecular flexibility index (Phi) is 6.61. The summed E-state index contributed by atoms with van der Waals surface area (Å²) in [7, 11) is 1.48. The standard InChI is InChI=1S/C19H21ClN6O3/c1-3-4-16(27)23-12-5-6-15(21-9-12)18(28)26-8-7-13(11-26)24-19-22-10-14(20)17(25-19)29-2/h3-6,9-10,13H,7-8,11H2,1-2H3,(H,23,27)(H,22,24,25)/b4-3+/t13-/m0/s1. The van der Waals surface area contributed by atoms with E-state index in [2.05, 4.69) is 25.6 Å². The molecule has 2 amide bonds. The maximum absolute atomic E-state index is 12.7. The van der Waals surface area contributed by atoms with Crippen LogP contribution in [0.1, 0.15) is 23.8 Å². The van der Waals surface area contributed by atoms with Crippen molar-refractivity contribution < 1.29 is 14.3 Å². The van der Waals surface area contributed by atoms with Crippen molar-refractivity contribution in [3.63, 3.8) is 0 Å². The molecule has 10 heteroatoms. The van der Waals surface area contributed by atoms with Crippen LogP contribution in [0.15, 0.2) is 36.7 Å². The molecule has 3 heterocycles. The van der Waals surface area contributed by atoms with Crippen molar-refractivity contribution >= 4 is 35.1 Å². The normalized spacial score (nSPS) is 16.1. The van der Waals surface area contributed by atoms with Gasteiger partial charge in [-0.3, -0.25) is 9.59 Å². The molecule has 0 radical (unpaired) electrons. The lowest BCUT2D eigenvalue weighted by molar-refractivity contribution is -0.111. The number of amides is 2. The highest BCUT2D eigenvalue weighted by atomic mass is 35.5. The summed E-state index contributed by atoms with van der Waals surface area (Å²) >= 11 is 5.94. The maximum atomic E-state index is 12.7. The van der Waals surface area contributed by atoms with Crippen LogP contribution in [0.3, 0.4) is 0 Å². The van der Waals surface area contributed by atoms with Gasteiger partial charge in [-0.1, -0.05) is 17.7 Å². The molecule has 3 rings (SSSR count). The molecule has 1 aliphatic rings. The van der Waals surface area contributed by atoms with Gasteiger partial charge in [0.1, 0.15) is 10.7 Å². The number of nitrogens with one attached hydrogen (secondary N) is 2. The second kappa shape index (κ2) is 9.33. The fourth-order valence-electron chi connectivity index (χ4n) is 2.90. The average molecular weight is 417 g/mol. The Morgan fingerprint density at radius 1 is 1.31 bits per heavy atom. The monoisotopic (exact) mass is 416 g/mol. The zero-order valence-electron chi connectivity index (χ0n) is 16.1. The Balaban J connectivity index is 1.58. The van der Waals surface area contributed by atoms with E-state index in [1.807, 2.05) is 0 Å². The number of pyridine rings is 1. The predicted molar refractivity (Wildman–Crippen MR) is 109 cm³/mol. The summed E-state index contributed by atoms with van der Waals surface area (Å²) in [6.07, 6.45) is 6.74. The fraction of sp³-hybridized carbons (Fsp3) is 0.316.